The number of benzene rings is 2. The van der Waals surface area contributed by atoms with Gasteiger partial charge in [0.2, 0.25) is 17.6 Å². The highest BCUT2D eigenvalue weighted by Crippen LogP contribution is 2.19. The van der Waals surface area contributed by atoms with E-state index in [4.69, 9.17) is 27.7 Å². The topological polar surface area (TPSA) is 97.1 Å². The molecule has 0 saturated heterocycles. The highest BCUT2D eigenvalue weighted by atomic mass is 35.5. The van der Waals surface area contributed by atoms with Crippen molar-refractivity contribution in [2.75, 3.05) is 13.1 Å². The van der Waals surface area contributed by atoms with Crippen molar-refractivity contribution in [3.8, 4) is 11.4 Å². The molecule has 0 unspecified atom stereocenters. The highest BCUT2D eigenvalue weighted by molar-refractivity contribution is 6.30. The molecule has 2 N–H and O–H groups in total. The molecule has 0 saturated carbocycles. The molecule has 0 radical (unpaired) electrons. The first-order valence-electron chi connectivity index (χ1n) is 9.40. The van der Waals surface area contributed by atoms with E-state index >= 15 is 0 Å². The lowest BCUT2D eigenvalue weighted by molar-refractivity contribution is -0.121. The fourth-order valence-electron chi connectivity index (χ4n) is 2.64. The number of carbonyl (C=O) groups excluding carboxylic acids is 2. The number of hydrogen-bond donors (Lipinski definition) is 2. The molecule has 0 fully saturated rings. The molecule has 156 valence electrons. The van der Waals surface area contributed by atoms with E-state index in [1.165, 1.54) is 0 Å². The summed E-state index contributed by atoms with van der Waals surface area (Å²) in [5.74, 6) is 0.646. The minimum absolute atomic E-state index is 0.104. The molecule has 30 heavy (non-hydrogen) atoms. The third-order valence-electron chi connectivity index (χ3n) is 4.20. The van der Waals surface area contributed by atoms with Crippen LogP contribution in [0.4, 0.5) is 0 Å². The normalized spacial score (nSPS) is 10.6. The molecule has 7 nitrogen and oxygen atoms in total. The van der Waals surface area contributed by atoms with Gasteiger partial charge in [0.05, 0.1) is 0 Å². The first-order chi connectivity index (χ1) is 14.5. The second-order valence-corrected chi connectivity index (χ2v) is 7.36. The number of amides is 2. The van der Waals surface area contributed by atoms with Gasteiger partial charge in [-0.1, -0.05) is 28.4 Å². The second kappa shape index (κ2) is 10.8. The number of halogens is 2. The molecule has 3 rings (SSSR count). The fourth-order valence-corrected chi connectivity index (χ4v) is 2.89. The molecule has 0 aliphatic carbocycles. The van der Waals surface area contributed by atoms with E-state index in [0.717, 1.165) is 5.56 Å². The number of rotatable bonds is 9. The molecule has 2 aromatic carbocycles. The molecular weight excluding hydrogens is 427 g/mol. The van der Waals surface area contributed by atoms with Gasteiger partial charge in [0.1, 0.15) is 0 Å². The summed E-state index contributed by atoms with van der Waals surface area (Å²) in [4.78, 5) is 28.2. The van der Waals surface area contributed by atoms with E-state index < -0.39 is 0 Å². The SMILES string of the molecule is O=C(CCCc1nc(-c2ccc(Cl)cc2)no1)NCCNC(=O)c1ccc(Cl)cc1. The number of aryl methyl sites for hydroxylation is 1. The summed E-state index contributed by atoms with van der Waals surface area (Å²) >= 11 is 11.7. The van der Waals surface area contributed by atoms with Crippen LogP contribution in [-0.4, -0.2) is 35.0 Å². The van der Waals surface area contributed by atoms with Crippen LogP contribution >= 0.6 is 23.2 Å². The Balaban J connectivity index is 1.32. The maximum atomic E-state index is 12.0. The van der Waals surface area contributed by atoms with Crippen LogP contribution in [0.3, 0.4) is 0 Å². The molecule has 0 atom stereocenters. The molecule has 1 aromatic heterocycles. The van der Waals surface area contributed by atoms with Crippen molar-refractivity contribution in [3.63, 3.8) is 0 Å². The zero-order valence-corrected chi connectivity index (χ0v) is 17.5. The van der Waals surface area contributed by atoms with Gasteiger partial charge >= 0.3 is 0 Å². The van der Waals surface area contributed by atoms with Gasteiger partial charge in [0.15, 0.2) is 0 Å². The first kappa shape index (κ1) is 21.8. The number of carbonyl (C=O) groups is 2. The first-order valence-corrected chi connectivity index (χ1v) is 10.2. The van der Waals surface area contributed by atoms with Gasteiger partial charge in [-0.15, -0.1) is 0 Å². The summed E-state index contributed by atoms with van der Waals surface area (Å²) in [7, 11) is 0. The Hall–Kier alpha value is -2.90. The van der Waals surface area contributed by atoms with Crippen molar-refractivity contribution in [2.24, 2.45) is 0 Å². The monoisotopic (exact) mass is 446 g/mol. The van der Waals surface area contributed by atoms with Crippen molar-refractivity contribution in [2.45, 2.75) is 19.3 Å². The summed E-state index contributed by atoms with van der Waals surface area (Å²) in [5.41, 5.74) is 1.33. The number of nitrogens with zero attached hydrogens (tertiary/aromatic N) is 2. The minimum Gasteiger partial charge on any atom is -0.354 e. The Bertz CT molecular complexity index is 988. The molecule has 3 aromatic rings. The second-order valence-electron chi connectivity index (χ2n) is 6.48. The van der Waals surface area contributed by atoms with E-state index in [1.807, 2.05) is 12.1 Å². The fraction of sp³-hybridized carbons (Fsp3) is 0.238. The van der Waals surface area contributed by atoms with Gasteiger partial charge in [-0.3, -0.25) is 9.59 Å². The Morgan fingerprint density at radius 2 is 1.53 bits per heavy atom. The van der Waals surface area contributed by atoms with Gasteiger partial charge in [-0.05, 0) is 55.0 Å². The van der Waals surface area contributed by atoms with Crippen molar-refractivity contribution >= 4 is 35.0 Å². The van der Waals surface area contributed by atoms with Crippen LogP contribution in [0.15, 0.2) is 53.1 Å². The Morgan fingerprint density at radius 1 is 0.900 bits per heavy atom. The van der Waals surface area contributed by atoms with E-state index in [9.17, 15) is 9.59 Å². The van der Waals surface area contributed by atoms with Crippen LogP contribution in [0.2, 0.25) is 10.0 Å². The molecule has 9 heteroatoms. The number of nitrogens with one attached hydrogen (secondary N) is 2. The zero-order chi connectivity index (χ0) is 21.3. The minimum atomic E-state index is -0.214. The molecule has 0 aliphatic heterocycles. The Kier molecular flexibility index (Phi) is 7.82. The zero-order valence-electron chi connectivity index (χ0n) is 16.0. The standard InChI is InChI=1S/C21H20Cl2N4O3/c22-16-8-4-14(5-9-16)20-26-19(30-27-20)3-1-2-18(28)24-12-13-25-21(29)15-6-10-17(23)11-7-15/h4-11H,1-3,12-13H2,(H,24,28)(H,25,29). The van der Waals surface area contributed by atoms with Crippen LogP contribution in [-0.2, 0) is 11.2 Å². The summed E-state index contributed by atoms with van der Waals surface area (Å²) in [6, 6.07) is 13.7. The van der Waals surface area contributed by atoms with Crippen LogP contribution in [0.25, 0.3) is 11.4 Å². The number of hydrogen-bond acceptors (Lipinski definition) is 5. The summed E-state index contributed by atoms with van der Waals surface area (Å²) in [6.07, 6.45) is 1.40. The predicted molar refractivity (Wildman–Crippen MR) is 114 cm³/mol. The number of aromatic nitrogens is 2. The lowest BCUT2D eigenvalue weighted by atomic mass is 10.2. The summed E-state index contributed by atoms with van der Waals surface area (Å²) in [5, 5.41) is 10.7. The largest absolute Gasteiger partial charge is 0.354 e. The molecule has 0 aliphatic rings. The third kappa shape index (κ3) is 6.57. The molecule has 0 spiro atoms. The van der Waals surface area contributed by atoms with Crippen molar-refractivity contribution in [1.82, 2.24) is 20.8 Å². The average Bonchev–Trinajstić information content (AvgIpc) is 3.21. The van der Waals surface area contributed by atoms with E-state index in [-0.39, 0.29) is 11.8 Å². The molecule has 2 amide bonds. The third-order valence-corrected chi connectivity index (χ3v) is 4.71. The Morgan fingerprint density at radius 3 is 2.23 bits per heavy atom. The summed E-state index contributed by atoms with van der Waals surface area (Å²) < 4.78 is 5.22. The maximum Gasteiger partial charge on any atom is 0.251 e. The maximum absolute atomic E-state index is 12.0. The predicted octanol–water partition coefficient (Wildman–Crippen LogP) is 3.91. The highest BCUT2D eigenvalue weighted by Gasteiger charge is 2.10. The van der Waals surface area contributed by atoms with Gasteiger partial charge in [-0.2, -0.15) is 4.98 Å². The van der Waals surface area contributed by atoms with E-state index in [1.54, 1.807) is 36.4 Å². The van der Waals surface area contributed by atoms with E-state index in [2.05, 4.69) is 20.8 Å². The van der Waals surface area contributed by atoms with Crippen LogP contribution in [0.5, 0.6) is 0 Å². The van der Waals surface area contributed by atoms with Gasteiger partial charge in [0.25, 0.3) is 5.91 Å². The average molecular weight is 447 g/mol. The molecular formula is C21H20Cl2N4O3. The molecule has 1 heterocycles. The van der Waals surface area contributed by atoms with E-state index in [0.29, 0.717) is 59.7 Å². The van der Waals surface area contributed by atoms with Gasteiger partial charge in [0, 0.05) is 47.1 Å². The van der Waals surface area contributed by atoms with Crippen molar-refractivity contribution < 1.29 is 14.1 Å². The summed E-state index contributed by atoms with van der Waals surface area (Å²) in [6.45, 7) is 0.681. The van der Waals surface area contributed by atoms with Crippen molar-refractivity contribution in [3.05, 3.63) is 70.0 Å². The Labute approximate surface area is 183 Å². The van der Waals surface area contributed by atoms with Gasteiger partial charge in [-0.25, -0.2) is 0 Å². The quantitative estimate of drug-likeness (QED) is 0.485. The van der Waals surface area contributed by atoms with Gasteiger partial charge < -0.3 is 15.2 Å². The van der Waals surface area contributed by atoms with Crippen LogP contribution in [0, 0.1) is 0 Å². The smallest absolute Gasteiger partial charge is 0.251 e. The van der Waals surface area contributed by atoms with Crippen LogP contribution in [0.1, 0.15) is 29.1 Å². The lowest BCUT2D eigenvalue weighted by Gasteiger charge is -2.07. The van der Waals surface area contributed by atoms with Crippen LogP contribution < -0.4 is 10.6 Å². The molecule has 0 bridgehead atoms. The lowest BCUT2D eigenvalue weighted by Crippen LogP contribution is -2.34. The van der Waals surface area contributed by atoms with Crippen molar-refractivity contribution in [1.29, 1.82) is 0 Å².